The second kappa shape index (κ2) is 7.29. The number of amides is 1. The van der Waals surface area contributed by atoms with E-state index in [1.54, 1.807) is 7.05 Å². The quantitative estimate of drug-likeness (QED) is 0.862. The van der Waals surface area contributed by atoms with Crippen LogP contribution in [-0.2, 0) is 11.2 Å². The van der Waals surface area contributed by atoms with Gasteiger partial charge in [-0.15, -0.1) is 0 Å². The van der Waals surface area contributed by atoms with Gasteiger partial charge in [0.15, 0.2) is 0 Å². The van der Waals surface area contributed by atoms with Crippen molar-refractivity contribution < 1.29 is 4.79 Å². The molecule has 1 aromatic rings. The molecular formula is C16H25N3O. The number of anilines is 1. The summed E-state index contributed by atoms with van der Waals surface area (Å²) in [6.07, 6.45) is 2.85. The van der Waals surface area contributed by atoms with E-state index in [0.717, 1.165) is 17.8 Å². The predicted octanol–water partition coefficient (Wildman–Crippen LogP) is 1.87. The van der Waals surface area contributed by atoms with Gasteiger partial charge in [0.25, 0.3) is 0 Å². The van der Waals surface area contributed by atoms with Crippen LogP contribution in [0.3, 0.4) is 0 Å². The van der Waals surface area contributed by atoms with Crippen molar-refractivity contribution in [3.05, 3.63) is 29.8 Å². The molecule has 20 heavy (non-hydrogen) atoms. The van der Waals surface area contributed by atoms with Crippen molar-refractivity contribution in [3.8, 4) is 0 Å². The number of nitrogens with one attached hydrogen (secondary N) is 2. The summed E-state index contributed by atoms with van der Waals surface area (Å²) in [4.78, 5) is 13.8. The monoisotopic (exact) mass is 275 g/mol. The highest BCUT2D eigenvalue weighted by Gasteiger charge is 2.17. The van der Waals surface area contributed by atoms with Crippen LogP contribution >= 0.6 is 0 Å². The van der Waals surface area contributed by atoms with Gasteiger partial charge in [0.1, 0.15) is 0 Å². The van der Waals surface area contributed by atoms with Crippen LogP contribution in [0.15, 0.2) is 24.3 Å². The maximum Gasteiger partial charge on any atom is 0.224 e. The van der Waals surface area contributed by atoms with Crippen LogP contribution in [0.25, 0.3) is 0 Å². The molecule has 110 valence electrons. The largest absolute Gasteiger partial charge is 0.382 e. The summed E-state index contributed by atoms with van der Waals surface area (Å²) in [5, 5.41) is 6.24. The van der Waals surface area contributed by atoms with Crippen molar-refractivity contribution in [1.29, 1.82) is 0 Å². The number of rotatable bonds is 5. The van der Waals surface area contributed by atoms with E-state index in [1.165, 1.54) is 25.9 Å². The van der Waals surface area contributed by atoms with Crippen LogP contribution in [0.2, 0.25) is 0 Å². The van der Waals surface area contributed by atoms with Crippen molar-refractivity contribution in [3.63, 3.8) is 0 Å². The van der Waals surface area contributed by atoms with E-state index in [2.05, 4.69) is 34.6 Å². The lowest BCUT2D eigenvalue weighted by Gasteiger charge is -2.32. The number of likely N-dealkylation sites (N-methyl/N-ethyl adjacent to an activating group) is 1. The fraction of sp³-hybridized carbons (Fsp3) is 0.562. The van der Waals surface area contributed by atoms with Crippen LogP contribution in [-0.4, -0.2) is 43.5 Å². The number of carbonyl (C=O) groups excluding carboxylic acids is 1. The second-order valence-electron chi connectivity index (χ2n) is 5.40. The van der Waals surface area contributed by atoms with Gasteiger partial charge >= 0.3 is 0 Å². The third kappa shape index (κ3) is 4.23. The lowest BCUT2D eigenvalue weighted by molar-refractivity contribution is -0.119. The van der Waals surface area contributed by atoms with E-state index >= 15 is 0 Å². The van der Waals surface area contributed by atoms with Crippen molar-refractivity contribution in [2.45, 2.75) is 32.2 Å². The van der Waals surface area contributed by atoms with Crippen LogP contribution in [0.1, 0.15) is 25.3 Å². The first-order chi connectivity index (χ1) is 9.71. The average molecular weight is 275 g/mol. The van der Waals surface area contributed by atoms with Crippen LogP contribution < -0.4 is 10.6 Å². The van der Waals surface area contributed by atoms with Gasteiger partial charge in [-0.2, -0.15) is 0 Å². The van der Waals surface area contributed by atoms with Crippen LogP contribution in [0.5, 0.6) is 0 Å². The molecule has 1 saturated heterocycles. The number of hydrogen-bond donors (Lipinski definition) is 2. The minimum atomic E-state index is 0.0534. The summed E-state index contributed by atoms with van der Waals surface area (Å²) < 4.78 is 0. The molecule has 1 fully saturated rings. The van der Waals surface area contributed by atoms with E-state index in [0.29, 0.717) is 12.5 Å². The third-order valence-corrected chi connectivity index (χ3v) is 4.00. The number of hydrogen-bond acceptors (Lipinski definition) is 3. The van der Waals surface area contributed by atoms with Crippen molar-refractivity contribution in [2.75, 3.05) is 32.0 Å². The molecule has 0 atom stereocenters. The SMILES string of the molecule is CCN1CCC(Nc2ccc(CC(=O)NC)cc2)CC1. The Morgan fingerprint density at radius 1 is 1.25 bits per heavy atom. The number of nitrogens with zero attached hydrogens (tertiary/aromatic N) is 1. The van der Waals surface area contributed by atoms with Crippen molar-refractivity contribution >= 4 is 11.6 Å². The fourth-order valence-electron chi connectivity index (χ4n) is 2.62. The molecule has 1 aliphatic rings. The summed E-state index contributed by atoms with van der Waals surface area (Å²) in [5.74, 6) is 0.0534. The number of carbonyl (C=O) groups is 1. The van der Waals surface area contributed by atoms with Gasteiger partial charge in [0.2, 0.25) is 5.91 Å². The Morgan fingerprint density at radius 3 is 2.45 bits per heavy atom. The fourth-order valence-corrected chi connectivity index (χ4v) is 2.62. The van der Waals surface area contributed by atoms with Gasteiger partial charge in [0.05, 0.1) is 6.42 Å². The second-order valence-corrected chi connectivity index (χ2v) is 5.40. The molecule has 0 aliphatic carbocycles. The Morgan fingerprint density at radius 2 is 1.90 bits per heavy atom. The summed E-state index contributed by atoms with van der Waals surface area (Å²) in [6.45, 7) is 5.74. The van der Waals surface area contributed by atoms with Crippen molar-refractivity contribution in [2.24, 2.45) is 0 Å². The first-order valence-electron chi connectivity index (χ1n) is 7.49. The lowest BCUT2D eigenvalue weighted by Crippen LogP contribution is -2.38. The lowest BCUT2D eigenvalue weighted by atomic mass is 10.0. The summed E-state index contributed by atoms with van der Waals surface area (Å²) >= 11 is 0. The minimum Gasteiger partial charge on any atom is -0.382 e. The van der Waals surface area contributed by atoms with Gasteiger partial charge in [0, 0.05) is 31.9 Å². The van der Waals surface area contributed by atoms with E-state index in [9.17, 15) is 4.79 Å². The molecule has 1 aliphatic heterocycles. The standard InChI is InChI=1S/C16H25N3O/c1-3-19-10-8-15(9-11-19)18-14-6-4-13(5-7-14)12-16(20)17-2/h4-7,15,18H,3,8-12H2,1-2H3,(H,17,20). The zero-order valence-corrected chi connectivity index (χ0v) is 12.5. The topological polar surface area (TPSA) is 44.4 Å². The van der Waals surface area contributed by atoms with Gasteiger partial charge < -0.3 is 15.5 Å². The normalized spacial score (nSPS) is 16.9. The highest BCUT2D eigenvalue weighted by molar-refractivity contribution is 5.78. The molecule has 4 nitrogen and oxygen atoms in total. The third-order valence-electron chi connectivity index (χ3n) is 4.00. The Labute approximate surface area is 121 Å². The molecule has 1 aromatic carbocycles. The molecule has 0 bridgehead atoms. The zero-order valence-electron chi connectivity index (χ0n) is 12.5. The number of piperidine rings is 1. The maximum atomic E-state index is 11.3. The van der Waals surface area contributed by atoms with Gasteiger partial charge in [-0.3, -0.25) is 4.79 Å². The summed E-state index contributed by atoms with van der Waals surface area (Å²) in [7, 11) is 1.67. The molecule has 0 unspecified atom stereocenters. The summed E-state index contributed by atoms with van der Waals surface area (Å²) in [6, 6.07) is 8.77. The molecule has 0 spiro atoms. The smallest absolute Gasteiger partial charge is 0.224 e. The van der Waals surface area contributed by atoms with Gasteiger partial charge in [-0.25, -0.2) is 0 Å². The average Bonchev–Trinajstić information content (AvgIpc) is 2.50. The van der Waals surface area contributed by atoms with Crippen molar-refractivity contribution in [1.82, 2.24) is 10.2 Å². The predicted molar refractivity (Wildman–Crippen MR) is 83.0 cm³/mol. The number of benzene rings is 1. The van der Waals surface area contributed by atoms with Crippen LogP contribution in [0, 0.1) is 0 Å². The Bertz CT molecular complexity index is 422. The molecular weight excluding hydrogens is 250 g/mol. The Hall–Kier alpha value is -1.55. The van der Waals surface area contributed by atoms with E-state index in [-0.39, 0.29) is 5.91 Å². The van der Waals surface area contributed by atoms with Gasteiger partial charge in [-0.1, -0.05) is 19.1 Å². The molecule has 4 heteroatoms. The molecule has 0 aromatic heterocycles. The summed E-state index contributed by atoms with van der Waals surface area (Å²) in [5.41, 5.74) is 2.20. The van der Waals surface area contributed by atoms with Gasteiger partial charge in [-0.05, 0) is 37.1 Å². The highest BCUT2D eigenvalue weighted by Crippen LogP contribution is 2.17. The minimum absolute atomic E-state index is 0.0534. The molecule has 0 saturated carbocycles. The van der Waals surface area contributed by atoms with Crippen LogP contribution in [0.4, 0.5) is 5.69 Å². The molecule has 2 rings (SSSR count). The molecule has 0 radical (unpaired) electrons. The first kappa shape index (κ1) is 14.9. The van der Waals surface area contributed by atoms with E-state index in [4.69, 9.17) is 0 Å². The molecule has 2 N–H and O–H groups in total. The van der Waals surface area contributed by atoms with E-state index < -0.39 is 0 Å². The molecule has 1 heterocycles. The number of likely N-dealkylation sites (tertiary alicyclic amines) is 1. The first-order valence-corrected chi connectivity index (χ1v) is 7.49. The highest BCUT2D eigenvalue weighted by atomic mass is 16.1. The maximum absolute atomic E-state index is 11.3. The molecule has 1 amide bonds. The zero-order chi connectivity index (χ0) is 14.4. The van der Waals surface area contributed by atoms with E-state index in [1.807, 2.05) is 12.1 Å². The Kier molecular flexibility index (Phi) is 5.41. The Balaban J connectivity index is 1.83.